The SMILES string of the molecule is C/C=C(/C)c1ccc(CNC(=O)C2(NC=O)CCCC2)cc1. The van der Waals surface area contributed by atoms with Crippen molar-refractivity contribution in [3.05, 3.63) is 41.5 Å². The zero-order valence-electron chi connectivity index (χ0n) is 13.3. The molecule has 4 nitrogen and oxygen atoms in total. The van der Waals surface area contributed by atoms with Gasteiger partial charge in [-0.2, -0.15) is 0 Å². The smallest absolute Gasteiger partial charge is 0.246 e. The second kappa shape index (κ2) is 7.25. The fourth-order valence-corrected chi connectivity index (χ4v) is 2.93. The normalized spacial score (nSPS) is 17.1. The molecule has 0 aromatic heterocycles. The second-order valence-electron chi connectivity index (χ2n) is 5.90. The van der Waals surface area contributed by atoms with E-state index in [0.717, 1.165) is 31.2 Å². The molecule has 22 heavy (non-hydrogen) atoms. The lowest BCUT2D eigenvalue weighted by molar-refractivity contribution is -0.130. The molecule has 1 aliphatic carbocycles. The quantitative estimate of drug-likeness (QED) is 0.794. The fraction of sp³-hybridized carbons (Fsp3) is 0.444. The zero-order valence-corrected chi connectivity index (χ0v) is 13.3. The van der Waals surface area contributed by atoms with Crippen LogP contribution in [-0.4, -0.2) is 17.9 Å². The van der Waals surface area contributed by atoms with Crippen LogP contribution in [0.1, 0.15) is 50.7 Å². The Morgan fingerprint density at radius 1 is 1.23 bits per heavy atom. The first kappa shape index (κ1) is 16.3. The molecule has 0 atom stereocenters. The zero-order chi connectivity index (χ0) is 16.0. The molecule has 1 aromatic carbocycles. The number of hydrogen-bond donors (Lipinski definition) is 2. The molecule has 1 aliphatic rings. The molecule has 0 radical (unpaired) electrons. The predicted octanol–water partition coefficient (Wildman–Crippen LogP) is 2.78. The van der Waals surface area contributed by atoms with E-state index >= 15 is 0 Å². The first-order valence-electron chi connectivity index (χ1n) is 7.83. The third kappa shape index (κ3) is 3.56. The van der Waals surface area contributed by atoms with Crippen molar-refractivity contribution in [1.29, 1.82) is 0 Å². The Morgan fingerprint density at radius 3 is 2.41 bits per heavy atom. The highest BCUT2D eigenvalue weighted by atomic mass is 16.2. The molecule has 0 heterocycles. The minimum atomic E-state index is -0.705. The summed E-state index contributed by atoms with van der Waals surface area (Å²) in [7, 11) is 0. The minimum Gasteiger partial charge on any atom is -0.350 e. The van der Waals surface area contributed by atoms with Gasteiger partial charge in [-0.05, 0) is 43.4 Å². The molecule has 1 saturated carbocycles. The molecule has 0 spiro atoms. The lowest BCUT2D eigenvalue weighted by atomic mass is 9.96. The summed E-state index contributed by atoms with van der Waals surface area (Å²) in [4.78, 5) is 23.2. The first-order chi connectivity index (χ1) is 10.6. The van der Waals surface area contributed by atoms with Gasteiger partial charge in [0.25, 0.3) is 0 Å². The van der Waals surface area contributed by atoms with Crippen molar-refractivity contribution >= 4 is 17.9 Å². The number of benzene rings is 1. The van der Waals surface area contributed by atoms with E-state index in [2.05, 4.69) is 35.8 Å². The van der Waals surface area contributed by atoms with E-state index in [4.69, 9.17) is 0 Å². The van der Waals surface area contributed by atoms with Crippen LogP contribution >= 0.6 is 0 Å². The standard InChI is InChI=1S/C18H24N2O2/c1-3-14(2)16-8-6-15(7-9-16)12-19-17(22)18(20-13-21)10-4-5-11-18/h3,6-9,13H,4-5,10-12H2,1-2H3,(H,19,22)(H,20,21)/b14-3-. The van der Waals surface area contributed by atoms with Crippen molar-refractivity contribution in [3.8, 4) is 0 Å². The van der Waals surface area contributed by atoms with Gasteiger partial charge in [-0.15, -0.1) is 0 Å². The van der Waals surface area contributed by atoms with E-state index in [1.165, 1.54) is 11.1 Å². The summed E-state index contributed by atoms with van der Waals surface area (Å²) in [5.74, 6) is -0.0780. The maximum absolute atomic E-state index is 12.4. The van der Waals surface area contributed by atoms with Gasteiger partial charge in [0.05, 0.1) is 0 Å². The van der Waals surface area contributed by atoms with Crippen LogP contribution in [0.3, 0.4) is 0 Å². The van der Waals surface area contributed by atoms with Crippen molar-refractivity contribution in [2.75, 3.05) is 0 Å². The molecule has 0 bridgehead atoms. The highest BCUT2D eigenvalue weighted by molar-refractivity contribution is 5.88. The van der Waals surface area contributed by atoms with Crippen molar-refractivity contribution in [3.63, 3.8) is 0 Å². The molecule has 4 heteroatoms. The molecular weight excluding hydrogens is 276 g/mol. The largest absolute Gasteiger partial charge is 0.350 e. The monoisotopic (exact) mass is 300 g/mol. The molecule has 118 valence electrons. The Morgan fingerprint density at radius 2 is 1.86 bits per heavy atom. The van der Waals surface area contributed by atoms with E-state index in [1.54, 1.807) is 0 Å². The number of amides is 2. The second-order valence-corrected chi connectivity index (χ2v) is 5.90. The molecule has 0 unspecified atom stereocenters. The lowest BCUT2D eigenvalue weighted by Crippen LogP contribution is -2.54. The Labute approximate surface area is 132 Å². The molecular formula is C18H24N2O2. The lowest BCUT2D eigenvalue weighted by Gasteiger charge is -2.26. The van der Waals surface area contributed by atoms with Crippen LogP contribution in [0.5, 0.6) is 0 Å². The van der Waals surface area contributed by atoms with E-state index in [0.29, 0.717) is 13.0 Å². The molecule has 1 fully saturated rings. The van der Waals surface area contributed by atoms with Crippen molar-refractivity contribution in [2.24, 2.45) is 0 Å². The maximum Gasteiger partial charge on any atom is 0.246 e. The third-order valence-corrected chi connectivity index (χ3v) is 4.52. The van der Waals surface area contributed by atoms with Crippen LogP contribution in [-0.2, 0) is 16.1 Å². The van der Waals surface area contributed by atoms with Crippen LogP contribution < -0.4 is 10.6 Å². The highest BCUT2D eigenvalue weighted by Gasteiger charge is 2.40. The molecule has 2 rings (SSSR count). The molecule has 1 aromatic rings. The van der Waals surface area contributed by atoms with Crippen molar-refractivity contribution in [1.82, 2.24) is 10.6 Å². The molecule has 0 saturated heterocycles. The summed E-state index contributed by atoms with van der Waals surface area (Å²) in [6, 6.07) is 8.17. The van der Waals surface area contributed by atoms with E-state index < -0.39 is 5.54 Å². The predicted molar refractivity (Wildman–Crippen MR) is 88.0 cm³/mol. The van der Waals surface area contributed by atoms with Crippen LogP contribution in [0.2, 0.25) is 0 Å². The molecule has 2 N–H and O–H groups in total. The number of nitrogens with one attached hydrogen (secondary N) is 2. The number of carbonyl (C=O) groups is 2. The van der Waals surface area contributed by atoms with Crippen LogP contribution in [0, 0.1) is 0 Å². The molecule has 0 aliphatic heterocycles. The van der Waals surface area contributed by atoms with Gasteiger partial charge < -0.3 is 10.6 Å². The van der Waals surface area contributed by atoms with E-state index in [9.17, 15) is 9.59 Å². The summed E-state index contributed by atoms with van der Waals surface area (Å²) in [5.41, 5.74) is 2.77. The maximum atomic E-state index is 12.4. The number of hydrogen-bond acceptors (Lipinski definition) is 2. The Kier molecular flexibility index (Phi) is 5.36. The first-order valence-corrected chi connectivity index (χ1v) is 7.83. The Bertz CT molecular complexity index is 555. The van der Waals surface area contributed by atoms with Crippen molar-refractivity contribution < 1.29 is 9.59 Å². The summed E-state index contributed by atoms with van der Waals surface area (Å²) >= 11 is 0. The van der Waals surface area contributed by atoms with Crippen molar-refractivity contribution in [2.45, 2.75) is 51.6 Å². The highest BCUT2D eigenvalue weighted by Crippen LogP contribution is 2.29. The average Bonchev–Trinajstić information content (AvgIpc) is 3.02. The number of rotatable bonds is 6. The van der Waals surface area contributed by atoms with E-state index in [1.807, 2.05) is 19.1 Å². The number of allylic oxidation sites excluding steroid dienone is 2. The van der Waals surface area contributed by atoms with Crippen LogP contribution in [0.4, 0.5) is 0 Å². The molecule has 2 amide bonds. The van der Waals surface area contributed by atoms with Gasteiger partial charge in [-0.25, -0.2) is 0 Å². The van der Waals surface area contributed by atoms with Gasteiger partial charge in [-0.3, -0.25) is 9.59 Å². The van der Waals surface area contributed by atoms with Crippen LogP contribution in [0.15, 0.2) is 30.3 Å². The van der Waals surface area contributed by atoms with Gasteiger partial charge >= 0.3 is 0 Å². The Balaban J connectivity index is 1.97. The van der Waals surface area contributed by atoms with Gasteiger partial charge in [0, 0.05) is 6.54 Å². The number of carbonyl (C=O) groups excluding carboxylic acids is 2. The van der Waals surface area contributed by atoms with Gasteiger partial charge in [0.15, 0.2) is 0 Å². The fourth-order valence-electron chi connectivity index (χ4n) is 2.93. The summed E-state index contributed by atoms with van der Waals surface area (Å²) in [5, 5.41) is 5.68. The van der Waals surface area contributed by atoms with Crippen LogP contribution in [0.25, 0.3) is 5.57 Å². The average molecular weight is 300 g/mol. The third-order valence-electron chi connectivity index (χ3n) is 4.52. The van der Waals surface area contributed by atoms with Gasteiger partial charge in [0.1, 0.15) is 5.54 Å². The Hall–Kier alpha value is -2.10. The van der Waals surface area contributed by atoms with Gasteiger partial charge in [0.2, 0.25) is 12.3 Å². The minimum absolute atomic E-state index is 0.0780. The van der Waals surface area contributed by atoms with Gasteiger partial charge in [-0.1, -0.05) is 43.2 Å². The van der Waals surface area contributed by atoms with E-state index in [-0.39, 0.29) is 5.91 Å². The summed E-state index contributed by atoms with van der Waals surface area (Å²) in [6.07, 6.45) is 6.11. The topological polar surface area (TPSA) is 58.2 Å². The summed E-state index contributed by atoms with van der Waals surface area (Å²) in [6.45, 7) is 4.58. The summed E-state index contributed by atoms with van der Waals surface area (Å²) < 4.78 is 0.